The molecule has 8 nitrogen and oxygen atoms in total. The largest absolute Gasteiger partial charge is 0.393 e. The molecule has 1 aliphatic carbocycles. The first-order valence-electron chi connectivity index (χ1n) is 11.5. The second-order valence-electron chi connectivity index (χ2n) is 9.06. The number of aliphatic hydroxyl groups is 1. The molecule has 0 bridgehead atoms. The van der Waals surface area contributed by atoms with Crippen molar-refractivity contribution < 1.29 is 14.3 Å². The number of H-pyrrole nitrogens is 1. The number of benzene rings is 1. The molecule has 1 fully saturated rings. The molecule has 0 spiro atoms. The van der Waals surface area contributed by atoms with Crippen molar-refractivity contribution in [2.75, 3.05) is 0 Å². The highest BCUT2D eigenvalue weighted by Gasteiger charge is 2.24. The molecule has 3 N–H and O–H groups in total. The van der Waals surface area contributed by atoms with E-state index >= 15 is 4.39 Å². The number of fused-ring (bicyclic) bond motifs is 3. The standard InChI is InChI=1S/C26H23FN6O2/c1-33-13-16(10-30-33)21-9-19-22(12-28-21)32-25-24(19)23(20(27)11-29-25)14-2-4-15(5-3-14)26(35)31-17-6-7-18(34)8-17/h2-5,9-13,17-18,34H,6-8H2,1H3,(H,29,32)(H,31,35)/t17-,18+/m0/s1. The van der Waals surface area contributed by atoms with Gasteiger partial charge in [-0.05, 0) is 43.0 Å². The van der Waals surface area contributed by atoms with E-state index in [1.165, 1.54) is 6.20 Å². The van der Waals surface area contributed by atoms with Crippen LogP contribution in [0.15, 0.2) is 55.1 Å². The van der Waals surface area contributed by atoms with Gasteiger partial charge in [0, 0.05) is 46.7 Å². The normalized spacial score (nSPS) is 17.9. The van der Waals surface area contributed by atoms with Gasteiger partial charge in [0.15, 0.2) is 0 Å². The van der Waals surface area contributed by atoms with Gasteiger partial charge in [-0.3, -0.25) is 14.5 Å². The third-order valence-electron chi connectivity index (χ3n) is 6.64. The molecule has 0 saturated heterocycles. The van der Waals surface area contributed by atoms with Gasteiger partial charge in [0.2, 0.25) is 0 Å². The maximum atomic E-state index is 15.2. The Balaban J connectivity index is 1.40. The van der Waals surface area contributed by atoms with Crippen molar-refractivity contribution in [3.05, 3.63) is 66.5 Å². The van der Waals surface area contributed by atoms with Gasteiger partial charge in [0.1, 0.15) is 11.5 Å². The molecule has 4 aromatic heterocycles. The van der Waals surface area contributed by atoms with E-state index in [0.29, 0.717) is 40.6 Å². The zero-order chi connectivity index (χ0) is 24.1. The fourth-order valence-corrected chi connectivity index (χ4v) is 4.87. The molecular formula is C26H23FN6O2. The van der Waals surface area contributed by atoms with E-state index in [4.69, 9.17) is 0 Å². The summed E-state index contributed by atoms with van der Waals surface area (Å²) in [6.45, 7) is 0. The minimum atomic E-state index is -0.449. The summed E-state index contributed by atoms with van der Waals surface area (Å²) in [6.07, 6.45) is 8.21. The van der Waals surface area contributed by atoms with Gasteiger partial charge in [0.05, 0.1) is 35.9 Å². The van der Waals surface area contributed by atoms with Crippen LogP contribution in [0, 0.1) is 5.82 Å². The number of carbonyl (C=O) groups is 1. The van der Waals surface area contributed by atoms with Crippen molar-refractivity contribution in [3.63, 3.8) is 0 Å². The number of nitrogens with one attached hydrogen (secondary N) is 2. The molecule has 9 heteroatoms. The Hall–Kier alpha value is -4.11. The fraction of sp³-hybridized carbons (Fsp3) is 0.231. The lowest BCUT2D eigenvalue weighted by atomic mass is 9.99. The van der Waals surface area contributed by atoms with Crippen LogP contribution in [0.25, 0.3) is 44.3 Å². The monoisotopic (exact) mass is 470 g/mol. The second-order valence-corrected chi connectivity index (χ2v) is 9.06. The molecule has 6 rings (SSSR count). The van der Waals surface area contributed by atoms with E-state index in [-0.39, 0.29) is 18.1 Å². The van der Waals surface area contributed by atoms with Crippen LogP contribution in [0.2, 0.25) is 0 Å². The van der Waals surface area contributed by atoms with Crippen molar-refractivity contribution in [1.29, 1.82) is 0 Å². The van der Waals surface area contributed by atoms with E-state index in [1.807, 2.05) is 19.3 Å². The summed E-state index contributed by atoms with van der Waals surface area (Å²) in [7, 11) is 1.84. The Kier molecular flexibility index (Phi) is 5.07. The van der Waals surface area contributed by atoms with Gasteiger partial charge in [-0.1, -0.05) is 12.1 Å². The molecule has 4 heterocycles. The van der Waals surface area contributed by atoms with E-state index in [1.54, 1.807) is 41.3 Å². The summed E-state index contributed by atoms with van der Waals surface area (Å²) in [4.78, 5) is 24.7. The first-order valence-corrected chi connectivity index (χ1v) is 11.5. The number of carbonyl (C=O) groups excluding carboxylic acids is 1. The molecule has 35 heavy (non-hydrogen) atoms. The number of hydrogen-bond acceptors (Lipinski definition) is 5. The minimum absolute atomic E-state index is 0.0247. The summed E-state index contributed by atoms with van der Waals surface area (Å²) in [5.74, 6) is -0.648. The Morgan fingerprint density at radius 1 is 1.14 bits per heavy atom. The number of pyridine rings is 2. The fourth-order valence-electron chi connectivity index (χ4n) is 4.87. The lowest BCUT2D eigenvalue weighted by Gasteiger charge is -2.13. The summed E-state index contributed by atoms with van der Waals surface area (Å²) in [5, 5.41) is 18.3. The minimum Gasteiger partial charge on any atom is -0.393 e. The number of aliphatic hydroxyl groups excluding tert-OH is 1. The van der Waals surface area contributed by atoms with Crippen LogP contribution in [0.4, 0.5) is 4.39 Å². The average Bonchev–Trinajstić information content (AvgIpc) is 3.57. The van der Waals surface area contributed by atoms with Gasteiger partial charge >= 0.3 is 0 Å². The molecule has 1 aliphatic rings. The van der Waals surface area contributed by atoms with Crippen molar-refractivity contribution in [2.24, 2.45) is 7.05 Å². The summed E-state index contributed by atoms with van der Waals surface area (Å²) in [5.41, 5.74) is 4.44. The van der Waals surface area contributed by atoms with Crippen LogP contribution in [-0.4, -0.2) is 47.9 Å². The molecule has 2 atom stereocenters. The summed E-state index contributed by atoms with van der Waals surface area (Å²) < 4.78 is 16.9. The Morgan fingerprint density at radius 3 is 2.69 bits per heavy atom. The SMILES string of the molecule is Cn1cc(-c2cc3c(cn2)[nH]c2ncc(F)c(-c4ccc(C(=O)N[C@H]5CC[C@@H](O)C5)cc4)c23)cn1. The highest BCUT2D eigenvalue weighted by atomic mass is 19.1. The number of aromatic nitrogens is 5. The highest BCUT2D eigenvalue weighted by molar-refractivity contribution is 6.13. The van der Waals surface area contributed by atoms with Crippen LogP contribution in [0.3, 0.4) is 0 Å². The van der Waals surface area contributed by atoms with Crippen LogP contribution >= 0.6 is 0 Å². The number of halogens is 1. The van der Waals surface area contributed by atoms with E-state index < -0.39 is 5.82 Å². The summed E-state index contributed by atoms with van der Waals surface area (Å²) in [6, 6.07) is 8.77. The predicted octanol–water partition coefficient (Wildman–Crippen LogP) is 3.96. The molecule has 0 aliphatic heterocycles. The van der Waals surface area contributed by atoms with Gasteiger partial charge in [-0.25, -0.2) is 9.37 Å². The number of hydrogen-bond donors (Lipinski definition) is 3. The maximum Gasteiger partial charge on any atom is 0.251 e. The van der Waals surface area contributed by atoms with Crippen LogP contribution < -0.4 is 5.32 Å². The topological polar surface area (TPSA) is 109 Å². The molecule has 0 unspecified atom stereocenters. The molecular weight excluding hydrogens is 447 g/mol. The van der Waals surface area contributed by atoms with Gasteiger partial charge in [-0.15, -0.1) is 0 Å². The molecule has 5 aromatic rings. The first-order chi connectivity index (χ1) is 17.0. The lowest BCUT2D eigenvalue weighted by molar-refractivity contribution is 0.0934. The van der Waals surface area contributed by atoms with E-state index in [0.717, 1.165) is 28.6 Å². The molecule has 1 aromatic carbocycles. The van der Waals surface area contributed by atoms with E-state index in [9.17, 15) is 9.90 Å². The van der Waals surface area contributed by atoms with Gasteiger partial charge in [0.25, 0.3) is 5.91 Å². The predicted molar refractivity (Wildman–Crippen MR) is 130 cm³/mol. The zero-order valence-corrected chi connectivity index (χ0v) is 19.0. The van der Waals surface area contributed by atoms with Crippen LogP contribution in [0.1, 0.15) is 29.6 Å². The van der Waals surface area contributed by atoms with Crippen LogP contribution in [0.5, 0.6) is 0 Å². The van der Waals surface area contributed by atoms with Gasteiger partial charge in [-0.2, -0.15) is 5.10 Å². The zero-order valence-electron chi connectivity index (χ0n) is 19.0. The smallest absolute Gasteiger partial charge is 0.251 e. The lowest BCUT2D eigenvalue weighted by Crippen LogP contribution is -2.33. The van der Waals surface area contributed by atoms with Crippen molar-refractivity contribution in [3.8, 4) is 22.4 Å². The quantitative estimate of drug-likeness (QED) is 0.368. The first kappa shape index (κ1) is 21.4. The second kappa shape index (κ2) is 8.28. The average molecular weight is 471 g/mol. The van der Waals surface area contributed by atoms with Crippen LogP contribution in [-0.2, 0) is 7.05 Å². The Morgan fingerprint density at radius 2 is 1.97 bits per heavy atom. The Bertz CT molecular complexity index is 1570. The molecule has 1 amide bonds. The molecule has 176 valence electrons. The van der Waals surface area contributed by atoms with E-state index in [2.05, 4.69) is 25.4 Å². The maximum absolute atomic E-state index is 15.2. The van der Waals surface area contributed by atoms with Crippen molar-refractivity contribution >= 4 is 27.8 Å². The Labute approximate surface area is 199 Å². The third kappa shape index (κ3) is 3.83. The number of aryl methyl sites for hydroxylation is 1. The van der Waals surface area contributed by atoms with Crippen molar-refractivity contribution in [1.82, 2.24) is 30.0 Å². The highest BCUT2D eigenvalue weighted by Crippen LogP contribution is 2.36. The number of rotatable bonds is 4. The molecule has 1 saturated carbocycles. The number of aromatic amines is 1. The third-order valence-corrected chi connectivity index (χ3v) is 6.64. The van der Waals surface area contributed by atoms with Crippen molar-refractivity contribution in [2.45, 2.75) is 31.4 Å². The van der Waals surface area contributed by atoms with Gasteiger partial charge < -0.3 is 15.4 Å². The number of amides is 1. The summed E-state index contributed by atoms with van der Waals surface area (Å²) >= 11 is 0. The number of nitrogens with zero attached hydrogens (tertiary/aromatic N) is 4. The molecule has 0 radical (unpaired) electrons.